The second-order valence-electron chi connectivity index (χ2n) is 10.9. The lowest BCUT2D eigenvalue weighted by Crippen LogP contribution is -2.49. The van der Waals surface area contributed by atoms with Gasteiger partial charge in [0.25, 0.3) is 0 Å². The van der Waals surface area contributed by atoms with Gasteiger partial charge in [-0.2, -0.15) is 0 Å². The minimum Gasteiger partial charge on any atom is -0.399 e. The van der Waals surface area contributed by atoms with Gasteiger partial charge >= 0.3 is 0 Å². The molecular weight excluding hydrogens is 468 g/mol. The van der Waals surface area contributed by atoms with Gasteiger partial charge in [0.1, 0.15) is 12.7 Å². The van der Waals surface area contributed by atoms with Crippen LogP contribution in [-0.4, -0.2) is 29.2 Å². The molecule has 7 rings (SSSR count). The van der Waals surface area contributed by atoms with Crippen molar-refractivity contribution in [3.8, 4) is 11.1 Å². The first-order valence-corrected chi connectivity index (χ1v) is 13.3. The van der Waals surface area contributed by atoms with E-state index in [0.29, 0.717) is 6.61 Å². The molecule has 188 valence electrons. The molecule has 38 heavy (non-hydrogen) atoms. The summed E-state index contributed by atoms with van der Waals surface area (Å²) in [5.41, 5.74) is 13.0. The Labute approximate surface area is 222 Å². The molecule has 1 fully saturated rings. The summed E-state index contributed by atoms with van der Waals surface area (Å²) in [5, 5.41) is 5.06. The fourth-order valence-electron chi connectivity index (χ4n) is 6.09. The molecule has 0 aliphatic carbocycles. The van der Waals surface area contributed by atoms with Gasteiger partial charge in [-0.3, -0.25) is 0 Å². The molecule has 5 aromatic carbocycles. The normalized spacial score (nSPS) is 20.4. The smallest absolute Gasteiger partial charge is 0.206 e. The molecule has 2 heterocycles. The highest BCUT2D eigenvalue weighted by Gasteiger charge is 2.44. The first-order valence-electron chi connectivity index (χ1n) is 13.3. The van der Waals surface area contributed by atoms with E-state index in [2.05, 4.69) is 95.7 Å². The largest absolute Gasteiger partial charge is 0.399 e. The standard InChI is InChI=1S/C34H31N2O2/c1-34(2)37-21-30(33(38-34)24-15-17-27(35)18-16-24)36-19-25-13-11-22-7-3-5-9-28(22)31(25)32-26(20-36)14-12-23-8-4-6-10-29(23)32/h3-19,30,33H,20-21,35H2,1-2H3/q+1/t30-,33-/m0/s1. The van der Waals surface area contributed by atoms with Gasteiger partial charge in [0.15, 0.2) is 18.5 Å². The van der Waals surface area contributed by atoms with Crippen molar-refractivity contribution >= 4 is 33.4 Å². The summed E-state index contributed by atoms with van der Waals surface area (Å²) in [7, 11) is 0. The molecule has 2 atom stereocenters. The lowest BCUT2D eigenvalue weighted by molar-refractivity contribution is -0.607. The Morgan fingerprint density at radius 1 is 0.763 bits per heavy atom. The summed E-state index contributed by atoms with van der Waals surface area (Å²) < 4.78 is 15.3. The Hall–Kier alpha value is -3.99. The molecule has 0 aromatic heterocycles. The number of fused-ring (bicyclic) bond motifs is 7. The van der Waals surface area contributed by atoms with E-state index < -0.39 is 5.79 Å². The molecule has 2 N–H and O–H groups in total. The number of benzene rings is 5. The maximum atomic E-state index is 6.60. The maximum Gasteiger partial charge on any atom is 0.206 e. The predicted octanol–water partition coefficient (Wildman–Crippen LogP) is 7.08. The van der Waals surface area contributed by atoms with Crippen molar-refractivity contribution in [1.82, 2.24) is 0 Å². The molecule has 0 unspecified atom stereocenters. The highest BCUT2D eigenvalue weighted by atomic mass is 16.7. The second kappa shape index (κ2) is 8.80. The van der Waals surface area contributed by atoms with Gasteiger partial charge in [-0.25, -0.2) is 4.58 Å². The van der Waals surface area contributed by atoms with Crippen molar-refractivity contribution in [1.29, 1.82) is 0 Å². The van der Waals surface area contributed by atoms with Crippen molar-refractivity contribution in [2.24, 2.45) is 0 Å². The van der Waals surface area contributed by atoms with Crippen LogP contribution in [0.4, 0.5) is 5.69 Å². The van der Waals surface area contributed by atoms with Crippen molar-refractivity contribution < 1.29 is 14.0 Å². The Morgan fingerprint density at radius 3 is 2.16 bits per heavy atom. The van der Waals surface area contributed by atoms with Crippen LogP contribution in [0.5, 0.6) is 0 Å². The highest BCUT2D eigenvalue weighted by molar-refractivity contribution is 6.11. The lowest BCUT2D eigenvalue weighted by atomic mass is 9.88. The van der Waals surface area contributed by atoms with Gasteiger partial charge in [-0.05, 0) is 59.2 Å². The number of nitrogens with zero attached hydrogens (tertiary/aromatic N) is 1. The summed E-state index contributed by atoms with van der Waals surface area (Å²) in [6, 6.07) is 34.5. The molecule has 2 aliphatic heterocycles. The van der Waals surface area contributed by atoms with Crippen LogP contribution in [0.15, 0.2) is 97.1 Å². The number of nitrogens with two attached hydrogens (primary N) is 1. The fourth-order valence-corrected chi connectivity index (χ4v) is 6.09. The van der Waals surface area contributed by atoms with E-state index in [1.807, 2.05) is 26.0 Å². The molecule has 2 aliphatic rings. The first-order chi connectivity index (χ1) is 18.5. The van der Waals surface area contributed by atoms with Crippen LogP contribution in [0.3, 0.4) is 0 Å². The molecule has 0 amide bonds. The summed E-state index contributed by atoms with van der Waals surface area (Å²) in [6.45, 7) is 5.29. The summed E-state index contributed by atoms with van der Waals surface area (Å²) in [6.07, 6.45) is 2.15. The van der Waals surface area contributed by atoms with E-state index in [1.165, 1.54) is 43.8 Å². The van der Waals surface area contributed by atoms with Crippen LogP contribution < -0.4 is 5.73 Å². The molecular formula is C34H31N2O2+. The molecule has 0 spiro atoms. The van der Waals surface area contributed by atoms with Crippen LogP contribution in [0.25, 0.3) is 32.7 Å². The number of hydrogen-bond donors (Lipinski definition) is 1. The first kappa shape index (κ1) is 23.2. The number of rotatable bonds is 2. The average Bonchev–Trinajstić information content (AvgIpc) is 3.10. The Kier molecular flexibility index (Phi) is 5.36. The SMILES string of the molecule is CC1(C)OC[C@H]([N+]2=Cc3ccc4ccccc4c3-c3c(ccc4ccccc34)C2)[C@H](c2ccc(N)cc2)O1. The van der Waals surface area contributed by atoms with Crippen LogP contribution >= 0.6 is 0 Å². The minimum atomic E-state index is -0.670. The highest BCUT2D eigenvalue weighted by Crippen LogP contribution is 2.42. The number of hydrogen-bond acceptors (Lipinski definition) is 3. The molecule has 1 saturated heterocycles. The maximum absolute atomic E-state index is 6.60. The third-order valence-corrected chi connectivity index (χ3v) is 7.94. The van der Waals surface area contributed by atoms with Crippen molar-refractivity contribution in [3.63, 3.8) is 0 Å². The van der Waals surface area contributed by atoms with Crippen LogP contribution in [0, 0.1) is 0 Å². The van der Waals surface area contributed by atoms with Crippen LogP contribution in [0.1, 0.15) is 36.6 Å². The van der Waals surface area contributed by atoms with Crippen molar-refractivity contribution in [2.75, 3.05) is 12.3 Å². The topological polar surface area (TPSA) is 47.5 Å². The third-order valence-electron chi connectivity index (χ3n) is 7.94. The van der Waals surface area contributed by atoms with Gasteiger partial charge in [0.05, 0.1) is 0 Å². The van der Waals surface area contributed by atoms with Gasteiger partial charge in [0, 0.05) is 27.9 Å². The number of anilines is 1. The zero-order valence-corrected chi connectivity index (χ0v) is 21.7. The van der Waals surface area contributed by atoms with Crippen molar-refractivity contribution in [3.05, 3.63) is 114 Å². The van der Waals surface area contributed by atoms with Gasteiger partial charge in [-0.1, -0.05) is 78.9 Å². The quantitative estimate of drug-likeness (QED) is 0.209. The molecule has 0 saturated carbocycles. The molecule has 4 nitrogen and oxygen atoms in total. The predicted molar refractivity (Wildman–Crippen MR) is 155 cm³/mol. The Morgan fingerprint density at radius 2 is 1.42 bits per heavy atom. The van der Waals surface area contributed by atoms with Gasteiger partial charge < -0.3 is 15.2 Å². The van der Waals surface area contributed by atoms with E-state index in [0.717, 1.165) is 17.8 Å². The van der Waals surface area contributed by atoms with E-state index in [9.17, 15) is 0 Å². The fraction of sp³-hybridized carbons (Fsp3) is 0.206. The van der Waals surface area contributed by atoms with Crippen LogP contribution in [0.2, 0.25) is 0 Å². The van der Waals surface area contributed by atoms with Gasteiger partial charge in [-0.15, -0.1) is 0 Å². The van der Waals surface area contributed by atoms with Crippen molar-refractivity contribution in [2.45, 2.75) is 38.3 Å². The summed E-state index contributed by atoms with van der Waals surface area (Å²) in [5.74, 6) is -0.670. The lowest BCUT2D eigenvalue weighted by Gasteiger charge is -2.39. The van der Waals surface area contributed by atoms with Crippen LogP contribution in [-0.2, 0) is 16.0 Å². The third kappa shape index (κ3) is 3.89. The van der Waals surface area contributed by atoms with E-state index >= 15 is 0 Å². The molecule has 4 heteroatoms. The molecule has 0 radical (unpaired) electrons. The second-order valence-corrected chi connectivity index (χ2v) is 10.9. The van der Waals surface area contributed by atoms with E-state index in [4.69, 9.17) is 15.2 Å². The Bertz CT molecular complexity index is 1720. The Balaban J connectivity index is 1.46. The number of ether oxygens (including phenoxy) is 2. The van der Waals surface area contributed by atoms with Gasteiger partial charge in [0.2, 0.25) is 6.04 Å². The minimum absolute atomic E-state index is 0.0107. The number of nitrogen functional groups attached to an aromatic ring is 1. The average molecular weight is 500 g/mol. The zero-order chi connectivity index (χ0) is 25.9. The monoisotopic (exact) mass is 499 g/mol. The summed E-state index contributed by atoms with van der Waals surface area (Å²) >= 11 is 0. The zero-order valence-electron chi connectivity index (χ0n) is 21.7. The molecule has 0 bridgehead atoms. The van der Waals surface area contributed by atoms with E-state index in [-0.39, 0.29) is 12.1 Å². The summed E-state index contributed by atoms with van der Waals surface area (Å²) in [4.78, 5) is 0. The molecule has 5 aromatic rings. The van der Waals surface area contributed by atoms with E-state index in [1.54, 1.807) is 0 Å².